The van der Waals surface area contributed by atoms with Gasteiger partial charge in [-0.25, -0.2) is 0 Å². The molecule has 5 heteroatoms. The number of rotatable bonds is 5. The Morgan fingerprint density at radius 3 is 2.46 bits per heavy atom. The standard InChI is InChI=1S/C19H23N3O2/c1-18(2,3)17-8-16(22-24-17)9-19(12-23-13-19)21-11-15-6-4-14(10-20)5-7-15/h4-8,21H,9,11-13H2,1-3H3. The van der Waals surface area contributed by atoms with Crippen molar-refractivity contribution in [3.8, 4) is 6.07 Å². The normalized spacial score (nSPS) is 16.4. The molecule has 2 heterocycles. The monoisotopic (exact) mass is 325 g/mol. The number of nitrogens with one attached hydrogen (secondary N) is 1. The molecule has 0 radical (unpaired) electrons. The first-order valence-corrected chi connectivity index (χ1v) is 8.18. The summed E-state index contributed by atoms with van der Waals surface area (Å²) in [4.78, 5) is 0. The first-order chi connectivity index (χ1) is 11.4. The van der Waals surface area contributed by atoms with Crippen molar-refractivity contribution < 1.29 is 9.26 Å². The molecule has 0 saturated carbocycles. The Bertz CT molecular complexity index is 731. The van der Waals surface area contributed by atoms with E-state index in [1.54, 1.807) is 0 Å². The smallest absolute Gasteiger partial charge is 0.142 e. The lowest BCUT2D eigenvalue weighted by Crippen LogP contribution is -2.61. The molecule has 0 spiro atoms. The highest BCUT2D eigenvalue weighted by Crippen LogP contribution is 2.27. The van der Waals surface area contributed by atoms with E-state index >= 15 is 0 Å². The molecule has 1 aliphatic rings. The first kappa shape index (κ1) is 16.7. The van der Waals surface area contributed by atoms with E-state index in [4.69, 9.17) is 14.5 Å². The lowest BCUT2D eigenvalue weighted by atomic mass is 9.89. The highest BCUT2D eigenvalue weighted by atomic mass is 16.5. The molecule has 1 aliphatic heterocycles. The van der Waals surface area contributed by atoms with E-state index in [0.717, 1.165) is 30.0 Å². The number of hydrogen-bond acceptors (Lipinski definition) is 5. The maximum Gasteiger partial charge on any atom is 0.142 e. The Labute approximate surface area is 142 Å². The van der Waals surface area contributed by atoms with Gasteiger partial charge in [-0.1, -0.05) is 38.1 Å². The molecule has 1 aromatic heterocycles. The van der Waals surface area contributed by atoms with Gasteiger partial charge in [-0.05, 0) is 17.7 Å². The Morgan fingerprint density at radius 2 is 1.96 bits per heavy atom. The highest BCUT2D eigenvalue weighted by Gasteiger charge is 2.39. The van der Waals surface area contributed by atoms with E-state index in [0.29, 0.717) is 18.8 Å². The molecule has 5 nitrogen and oxygen atoms in total. The van der Waals surface area contributed by atoms with Crippen molar-refractivity contribution >= 4 is 0 Å². The zero-order valence-electron chi connectivity index (χ0n) is 14.4. The molecule has 0 aliphatic carbocycles. The third-order valence-electron chi connectivity index (χ3n) is 4.32. The van der Waals surface area contributed by atoms with Crippen LogP contribution in [0, 0.1) is 11.3 Å². The number of ether oxygens (including phenoxy) is 1. The largest absolute Gasteiger partial charge is 0.377 e. The van der Waals surface area contributed by atoms with Crippen LogP contribution in [0.3, 0.4) is 0 Å². The van der Waals surface area contributed by atoms with Crippen molar-refractivity contribution in [2.24, 2.45) is 0 Å². The van der Waals surface area contributed by atoms with Gasteiger partial charge in [0.15, 0.2) is 0 Å². The molecule has 0 unspecified atom stereocenters. The van der Waals surface area contributed by atoms with Crippen molar-refractivity contribution in [3.63, 3.8) is 0 Å². The Kier molecular flexibility index (Phi) is 4.44. The molecule has 1 aromatic carbocycles. The molecular weight excluding hydrogens is 302 g/mol. The van der Waals surface area contributed by atoms with Crippen molar-refractivity contribution in [3.05, 3.63) is 52.9 Å². The Morgan fingerprint density at radius 1 is 1.25 bits per heavy atom. The van der Waals surface area contributed by atoms with Gasteiger partial charge in [-0.2, -0.15) is 5.26 Å². The second-order valence-corrected chi connectivity index (χ2v) is 7.54. The fourth-order valence-electron chi connectivity index (χ4n) is 2.70. The number of aromatic nitrogens is 1. The average Bonchev–Trinajstić information content (AvgIpc) is 2.99. The van der Waals surface area contributed by atoms with Crippen LogP contribution in [0.2, 0.25) is 0 Å². The average molecular weight is 325 g/mol. The summed E-state index contributed by atoms with van der Waals surface area (Å²) in [5.74, 6) is 0.903. The van der Waals surface area contributed by atoms with Crippen LogP contribution in [0.25, 0.3) is 0 Å². The topological polar surface area (TPSA) is 71.1 Å². The van der Waals surface area contributed by atoms with Crippen LogP contribution >= 0.6 is 0 Å². The summed E-state index contributed by atoms with van der Waals surface area (Å²) in [5, 5.41) is 16.7. The van der Waals surface area contributed by atoms with Crippen molar-refractivity contribution in [2.45, 2.75) is 44.7 Å². The van der Waals surface area contributed by atoms with Gasteiger partial charge in [-0.3, -0.25) is 0 Å². The van der Waals surface area contributed by atoms with Crippen LogP contribution in [-0.4, -0.2) is 23.9 Å². The van der Waals surface area contributed by atoms with Gasteiger partial charge in [0, 0.05) is 24.4 Å². The van der Waals surface area contributed by atoms with Gasteiger partial charge < -0.3 is 14.6 Å². The van der Waals surface area contributed by atoms with Crippen LogP contribution in [0.4, 0.5) is 0 Å². The molecule has 24 heavy (non-hydrogen) atoms. The number of benzene rings is 1. The van der Waals surface area contributed by atoms with E-state index in [-0.39, 0.29) is 11.0 Å². The molecule has 1 fully saturated rings. The summed E-state index contributed by atoms with van der Waals surface area (Å²) < 4.78 is 10.9. The van der Waals surface area contributed by atoms with Gasteiger partial charge in [0.2, 0.25) is 0 Å². The third-order valence-corrected chi connectivity index (χ3v) is 4.32. The second kappa shape index (κ2) is 6.39. The first-order valence-electron chi connectivity index (χ1n) is 8.18. The minimum absolute atomic E-state index is 0.0373. The zero-order valence-corrected chi connectivity index (χ0v) is 14.4. The van der Waals surface area contributed by atoms with Crippen LogP contribution in [0.1, 0.15) is 43.4 Å². The molecule has 1 saturated heterocycles. The number of nitriles is 1. The van der Waals surface area contributed by atoms with Gasteiger partial charge in [0.1, 0.15) is 5.76 Å². The number of nitrogens with zero attached hydrogens (tertiary/aromatic N) is 2. The van der Waals surface area contributed by atoms with Crippen molar-refractivity contribution in [1.29, 1.82) is 5.26 Å². The third kappa shape index (κ3) is 3.66. The molecule has 0 atom stereocenters. The molecular formula is C19H23N3O2. The van der Waals surface area contributed by atoms with Crippen LogP contribution in [0.15, 0.2) is 34.9 Å². The molecule has 2 aromatic rings. The van der Waals surface area contributed by atoms with Crippen molar-refractivity contribution in [2.75, 3.05) is 13.2 Å². The number of hydrogen-bond donors (Lipinski definition) is 1. The fourth-order valence-corrected chi connectivity index (χ4v) is 2.70. The fraction of sp³-hybridized carbons (Fsp3) is 0.474. The summed E-state index contributed by atoms with van der Waals surface area (Å²) in [6, 6.07) is 11.8. The summed E-state index contributed by atoms with van der Waals surface area (Å²) in [6.07, 6.45) is 0.781. The Hall–Kier alpha value is -2.16. The minimum Gasteiger partial charge on any atom is -0.377 e. The molecule has 0 bridgehead atoms. The summed E-state index contributed by atoms with van der Waals surface area (Å²) in [5.41, 5.74) is 2.65. The van der Waals surface area contributed by atoms with Gasteiger partial charge in [0.05, 0.1) is 36.1 Å². The quantitative estimate of drug-likeness (QED) is 0.915. The highest BCUT2D eigenvalue weighted by molar-refractivity contribution is 5.31. The van der Waals surface area contributed by atoms with Crippen molar-refractivity contribution in [1.82, 2.24) is 10.5 Å². The Balaban J connectivity index is 1.64. The van der Waals surface area contributed by atoms with E-state index in [9.17, 15) is 0 Å². The lowest BCUT2D eigenvalue weighted by Gasteiger charge is -2.42. The molecule has 3 rings (SSSR count). The van der Waals surface area contributed by atoms with Crippen LogP contribution < -0.4 is 5.32 Å². The lowest BCUT2D eigenvalue weighted by molar-refractivity contribution is -0.0755. The van der Waals surface area contributed by atoms with Gasteiger partial charge in [-0.15, -0.1) is 0 Å². The van der Waals surface area contributed by atoms with E-state index in [2.05, 4.69) is 37.3 Å². The minimum atomic E-state index is -0.0973. The SMILES string of the molecule is CC(C)(C)c1cc(CC2(NCc3ccc(C#N)cc3)COC2)no1. The second-order valence-electron chi connectivity index (χ2n) is 7.54. The summed E-state index contributed by atoms with van der Waals surface area (Å²) >= 11 is 0. The molecule has 126 valence electrons. The maximum atomic E-state index is 8.86. The van der Waals surface area contributed by atoms with Gasteiger partial charge in [0.25, 0.3) is 0 Å². The van der Waals surface area contributed by atoms with E-state index < -0.39 is 0 Å². The molecule has 0 amide bonds. The van der Waals surface area contributed by atoms with E-state index in [1.165, 1.54) is 0 Å². The predicted octanol–water partition coefficient (Wildman–Crippen LogP) is 2.95. The molecule has 1 N–H and O–H groups in total. The van der Waals surface area contributed by atoms with Gasteiger partial charge >= 0.3 is 0 Å². The van der Waals surface area contributed by atoms with Crippen LogP contribution in [0.5, 0.6) is 0 Å². The summed E-state index contributed by atoms with van der Waals surface area (Å²) in [6.45, 7) is 8.41. The zero-order chi connectivity index (χ0) is 17.2. The maximum absolute atomic E-state index is 8.86. The van der Waals surface area contributed by atoms with Crippen LogP contribution in [-0.2, 0) is 23.1 Å². The summed E-state index contributed by atoms with van der Waals surface area (Å²) in [7, 11) is 0. The predicted molar refractivity (Wildman–Crippen MR) is 90.5 cm³/mol. The van der Waals surface area contributed by atoms with E-state index in [1.807, 2.05) is 30.3 Å².